The highest BCUT2D eigenvalue weighted by molar-refractivity contribution is 5.69. The first-order valence-corrected chi connectivity index (χ1v) is 11.3. The van der Waals surface area contributed by atoms with Gasteiger partial charge in [-0.2, -0.15) is 0 Å². The lowest BCUT2D eigenvalue weighted by atomic mass is 10.00. The lowest BCUT2D eigenvalue weighted by Gasteiger charge is -2.26. The van der Waals surface area contributed by atoms with E-state index in [9.17, 15) is 9.90 Å². The van der Waals surface area contributed by atoms with Crippen LogP contribution < -0.4 is 0 Å². The van der Waals surface area contributed by atoms with Gasteiger partial charge in [0.1, 0.15) is 19.3 Å². The third-order valence-corrected chi connectivity index (χ3v) is 5.17. The summed E-state index contributed by atoms with van der Waals surface area (Å²) in [6, 6.07) is 0. The fourth-order valence-electron chi connectivity index (χ4n) is 3.67. The van der Waals surface area contributed by atoms with Crippen molar-refractivity contribution >= 4 is 5.97 Å². The first kappa shape index (κ1) is 24.9. The molecule has 28 heavy (non-hydrogen) atoms. The molecule has 0 bridgehead atoms. The Morgan fingerprint density at radius 2 is 1.79 bits per heavy atom. The van der Waals surface area contributed by atoms with Crippen molar-refractivity contribution in [3.8, 4) is 0 Å². The summed E-state index contributed by atoms with van der Waals surface area (Å²) >= 11 is 0. The normalized spacial score (nSPS) is 18.1. The summed E-state index contributed by atoms with van der Waals surface area (Å²) in [5.74, 6) is 0.669. The van der Waals surface area contributed by atoms with Gasteiger partial charge in [0.15, 0.2) is 0 Å². The van der Waals surface area contributed by atoms with Crippen LogP contribution in [-0.2, 0) is 9.53 Å². The predicted octanol–water partition coefficient (Wildman–Crippen LogP) is 5.02. The second-order valence-corrected chi connectivity index (χ2v) is 9.28. The Balaban J connectivity index is 1.85. The van der Waals surface area contributed by atoms with E-state index in [1.807, 2.05) is 21.1 Å². The molecule has 0 amide bonds. The van der Waals surface area contributed by atoms with Crippen LogP contribution in [-0.4, -0.2) is 56.0 Å². The highest BCUT2D eigenvalue weighted by Crippen LogP contribution is 2.23. The zero-order chi connectivity index (χ0) is 20.7. The van der Waals surface area contributed by atoms with Crippen LogP contribution in [0.2, 0.25) is 0 Å². The SMILES string of the molecule is C[N+](C)(C)CC(O)COC(=O)CCCC/C=C/CCCCCCC1C=CCC1. The van der Waals surface area contributed by atoms with Crippen LogP contribution in [0.15, 0.2) is 24.3 Å². The summed E-state index contributed by atoms with van der Waals surface area (Å²) < 4.78 is 5.81. The number of esters is 1. The van der Waals surface area contributed by atoms with Crippen LogP contribution >= 0.6 is 0 Å². The molecule has 0 radical (unpaired) electrons. The Kier molecular flexibility index (Phi) is 13.2. The average molecular weight is 395 g/mol. The largest absolute Gasteiger partial charge is 0.463 e. The van der Waals surface area contributed by atoms with E-state index >= 15 is 0 Å². The maximum atomic E-state index is 11.7. The van der Waals surface area contributed by atoms with Crippen LogP contribution in [0.4, 0.5) is 0 Å². The molecule has 0 aliphatic heterocycles. The number of hydrogen-bond acceptors (Lipinski definition) is 3. The van der Waals surface area contributed by atoms with Crippen LogP contribution in [0.25, 0.3) is 0 Å². The predicted molar refractivity (Wildman–Crippen MR) is 117 cm³/mol. The maximum Gasteiger partial charge on any atom is 0.305 e. The molecule has 1 aliphatic carbocycles. The molecule has 2 atom stereocenters. The first-order valence-electron chi connectivity index (χ1n) is 11.3. The molecule has 162 valence electrons. The minimum Gasteiger partial charge on any atom is -0.463 e. The minimum absolute atomic E-state index is 0.103. The second kappa shape index (κ2) is 14.8. The zero-order valence-electron chi connectivity index (χ0n) is 18.6. The zero-order valence-corrected chi connectivity index (χ0v) is 18.6. The van der Waals surface area contributed by atoms with Gasteiger partial charge in [-0.1, -0.05) is 43.6 Å². The van der Waals surface area contributed by atoms with Crippen molar-refractivity contribution in [1.29, 1.82) is 0 Å². The van der Waals surface area contributed by atoms with Crippen molar-refractivity contribution in [1.82, 2.24) is 0 Å². The molecular weight excluding hydrogens is 350 g/mol. The molecule has 0 fully saturated rings. The lowest BCUT2D eigenvalue weighted by Crippen LogP contribution is -2.43. The summed E-state index contributed by atoms with van der Waals surface area (Å²) in [6.45, 7) is 0.682. The highest BCUT2D eigenvalue weighted by atomic mass is 16.5. The number of rotatable bonds is 16. The Hall–Kier alpha value is -1.13. The number of quaternary nitrogens is 1. The number of carbonyl (C=O) groups excluding carboxylic acids is 1. The van der Waals surface area contributed by atoms with E-state index in [-0.39, 0.29) is 12.6 Å². The summed E-state index contributed by atoms with van der Waals surface area (Å²) in [5, 5.41) is 9.84. The smallest absolute Gasteiger partial charge is 0.305 e. The van der Waals surface area contributed by atoms with E-state index in [0.717, 1.165) is 25.2 Å². The molecule has 1 N–H and O–H groups in total. The number of aliphatic hydroxyl groups is 1. The van der Waals surface area contributed by atoms with Crippen molar-refractivity contribution in [2.75, 3.05) is 34.3 Å². The molecule has 0 saturated heterocycles. The van der Waals surface area contributed by atoms with Gasteiger partial charge in [0.25, 0.3) is 0 Å². The second-order valence-electron chi connectivity index (χ2n) is 9.28. The summed E-state index contributed by atoms with van der Waals surface area (Å²) in [6.07, 6.45) is 22.6. The number of ether oxygens (including phenoxy) is 1. The quantitative estimate of drug-likeness (QED) is 0.173. The Labute approximate surface area is 173 Å². The molecule has 2 unspecified atom stereocenters. The van der Waals surface area contributed by atoms with Crippen molar-refractivity contribution in [3.63, 3.8) is 0 Å². The Bertz CT molecular complexity index is 465. The monoisotopic (exact) mass is 394 g/mol. The number of allylic oxidation sites excluding steroid dienone is 4. The molecule has 0 aromatic rings. The van der Waals surface area contributed by atoms with Gasteiger partial charge in [-0.05, 0) is 57.3 Å². The van der Waals surface area contributed by atoms with Crippen molar-refractivity contribution in [2.24, 2.45) is 5.92 Å². The van der Waals surface area contributed by atoms with Gasteiger partial charge in [0, 0.05) is 6.42 Å². The van der Waals surface area contributed by atoms with E-state index in [2.05, 4.69) is 24.3 Å². The van der Waals surface area contributed by atoms with Crippen LogP contribution in [0.5, 0.6) is 0 Å². The third kappa shape index (κ3) is 14.9. The number of unbranched alkanes of at least 4 members (excludes halogenated alkanes) is 6. The standard InChI is InChI=1S/C24H44NO3/c1-25(2,3)20-23(26)21-28-24(27)19-13-11-9-7-5-4-6-8-10-12-16-22-17-14-15-18-22/h5,7,14,17,22-23,26H,4,6,8-13,15-16,18-21H2,1-3H3/q+1/b7-5+. The molecule has 1 aliphatic rings. The fourth-order valence-corrected chi connectivity index (χ4v) is 3.67. The van der Waals surface area contributed by atoms with Crippen LogP contribution in [0.1, 0.15) is 77.0 Å². The summed E-state index contributed by atoms with van der Waals surface area (Å²) in [4.78, 5) is 11.7. The maximum absolute atomic E-state index is 11.7. The van der Waals surface area contributed by atoms with Crippen molar-refractivity contribution < 1.29 is 19.1 Å². The van der Waals surface area contributed by atoms with Crippen LogP contribution in [0, 0.1) is 5.92 Å². The van der Waals surface area contributed by atoms with Gasteiger partial charge in [0.2, 0.25) is 0 Å². The number of nitrogens with zero attached hydrogens (tertiary/aromatic N) is 1. The lowest BCUT2D eigenvalue weighted by molar-refractivity contribution is -0.873. The number of carbonyl (C=O) groups is 1. The Morgan fingerprint density at radius 3 is 2.43 bits per heavy atom. The minimum atomic E-state index is -0.591. The molecule has 0 aromatic heterocycles. The van der Waals surface area contributed by atoms with Gasteiger partial charge in [-0.3, -0.25) is 4.79 Å². The average Bonchev–Trinajstić information content (AvgIpc) is 3.13. The fraction of sp³-hybridized carbons (Fsp3) is 0.792. The summed E-state index contributed by atoms with van der Waals surface area (Å²) in [7, 11) is 6.02. The number of likely N-dealkylation sites (N-methyl/N-ethyl adjacent to an activating group) is 1. The molecule has 0 saturated carbocycles. The first-order chi connectivity index (χ1) is 13.4. The topological polar surface area (TPSA) is 46.5 Å². The Morgan fingerprint density at radius 1 is 1.11 bits per heavy atom. The number of hydrogen-bond donors (Lipinski definition) is 1. The highest BCUT2D eigenvalue weighted by Gasteiger charge is 2.17. The molecule has 0 spiro atoms. The van der Waals surface area contributed by atoms with Crippen molar-refractivity contribution in [2.45, 2.75) is 83.2 Å². The van der Waals surface area contributed by atoms with E-state index in [1.165, 1.54) is 51.4 Å². The van der Waals surface area contributed by atoms with E-state index in [0.29, 0.717) is 17.4 Å². The van der Waals surface area contributed by atoms with E-state index in [1.54, 1.807) is 0 Å². The summed E-state index contributed by atoms with van der Waals surface area (Å²) in [5.41, 5.74) is 0. The molecule has 0 aromatic carbocycles. The van der Waals surface area contributed by atoms with Gasteiger partial charge >= 0.3 is 5.97 Å². The van der Waals surface area contributed by atoms with Crippen LogP contribution in [0.3, 0.4) is 0 Å². The van der Waals surface area contributed by atoms with E-state index in [4.69, 9.17) is 4.74 Å². The van der Waals surface area contributed by atoms with Gasteiger partial charge < -0.3 is 14.3 Å². The molecule has 4 nitrogen and oxygen atoms in total. The van der Waals surface area contributed by atoms with E-state index < -0.39 is 6.10 Å². The molecule has 1 rings (SSSR count). The van der Waals surface area contributed by atoms with Crippen molar-refractivity contribution in [3.05, 3.63) is 24.3 Å². The van der Waals surface area contributed by atoms with Gasteiger partial charge in [-0.25, -0.2) is 0 Å². The molecular formula is C24H44NO3+. The van der Waals surface area contributed by atoms with Gasteiger partial charge in [0.05, 0.1) is 21.1 Å². The molecule has 4 heteroatoms. The third-order valence-electron chi connectivity index (χ3n) is 5.17. The number of aliphatic hydroxyl groups excluding tert-OH is 1. The van der Waals surface area contributed by atoms with Gasteiger partial charge in [-0.15, -0.1) is 0 Å². The molecule has 0 heterocycles.